The second-order valence-electron chi connectivity index (χ2n) is 1.72. The Balaban J connectivity index is 3.88. The molecule has 0 amide bonds. The first kappa shape index (κ1) is 8.82. The van der Waals surface area contributed by atoms with Gasteiger partial charge in [0.05, 0.1) is 6.33 Å². The highest BCUT2D eigenvalue weighted by molar-refractivity contribution is 5.66. The molecule has 0 bridgehead atoms. The minimum Gasteiger partial charge on any atom is -0.299 e. The van der Waals surface area contributed by atoms with Crippen molar-refractivity contribution in [2.75, 3.05) is 0 Å². The molecule has 0 fully saturated rings. The quantitative estimate of drug-likeness (QED) is 0.333. The largest absolute Gasteiger partial charge is 0.299 e. The molecule has 0 aromatic rings. The van der Waals surface area contributed by atoms with Crippen LogP contribution in [0.25, 0.3) is 0 Å². The molecule has 0 aromatic heterocycles. The summed E-state index contributed by atoms with van der Waals surface area (Å²) in [5.41, 5.74) is 0.799. The third-order valence-corrected chi connectivity index (χ3v) is 0.874. The number of carbonyl (C=O) groups is 1. The molecule has 0 spiro atoms. The van der Waals surface area contributed by atoms with E-state index in [1.807, 2.05) is 0 Å². The van der Waals surface area contributed by atoms with E-state index in [0.29, 0.717) is 12.6 Å². The standard InChI is InChI=1S/C8H9FO/c1-8(5-7-10)4-2-3-6-9/h2-7H,1H3/b4-2-,6-3+,8-5+. The number of halogens is 1. The van der Waals surface area contributed by atoms with E-state index in [1.165, 1.54) is 18.2 Å². The average Bonchev–Trinajstić information content (AvgIpc) is 1.89. The zero-order valence-electron chi connectivity index (χ0n) is 5.75. The molecule has 0 aliphatic carbocycles. The Morgan fingerprint density at radius 1 is 1.40 bits per heavy atom. The van der Waals surface area contributed by atoms with Gasteiger partial charge in [-0.15, -0.1) is 0 Å². The van der Waals surface area contributed by atoms with Crippen LogP contribution in [0.3, 0.4) is 0 Å². The van der Waals surface area contributed by atoms with E-state index in [2.05, 4.69) is 0 Å². The average molecular weight is 140 g/mol. The van der Waals surface area contributed by atoms with Crippen molar-refractivity contribution in [3.63, 3.8) is 0 Å². The summed E-state index contributed by atoms with van der Waals surface area (Å²) in [6.45, 7) is 1.76. The van der Waals surface area contributed by atoms with Crippen molar-refractivity contribution in [1.82, 2.24) is 0 Å². The zero-order valence-corrected chi connectivity index (χ0v) is 5.75. The summed E-state index contributed by atoms with van der Waals surface area (Å²) in [5, 5.41) is 0. The van der Waals surface area contributed by atoms with Gasteiger partial charge in [0, 0.05) is 0 Å². The van der Waals surface area contributed by atoms with Gasteiger partial charge in [0.1, 0.15) is 6.29 Å². The summed E-state index contributed by atoms with van der Waals surface area (Å²) in [4.78, 5) is 9.85. The van der Waals surface area contributed by atoms with Crippen LogP contribution in [-0.4, -0.2) is 6.29 Å². The van der Waals surface area contributed by atoms with E-state index in [0.717, 1.165) is 5.57 Å². The number of rotatable bonds is 3. The zero-order chi connectivity index (χ0) is 7.82. The molecule has 2 heteroatoms. The van der Waals surface area contributed by atoms with Gasteiger partial charge < -0.3 is 0 Å². The molecule has 0 atom stereocenters. The molecule has 10 heavy (non-hydrogen) atoms. The Morgan fingerprint density at radius 2 is 2.10 bits per heavy atom. The smallest absolute Gasteiger partial charge is 0.143 e. The lowest BCUT2D eigenvalue weighted by atomic mass is 10.2. The molecule has 0 saturated carbocycles. The third kappa shape index (κ3) is 4.97. The predicted octanol–water partition coefficient (Wildman–Crippen LogP) is 2.17. The van der Waals surface area contributed by atoms with Crippen molar-refractivity contribution in [2.45, 2.75) is 6.92 Å². The van der Waals surface area contributed by atoms with Gasteiger partial charge in [-0.25, -0.2) is 4.39 Å². The molecule has 0 aromatic carbocycles. The van der Waals surface area contributed by atoms with Crippen LogP contribution in [0.1, 0.15) is 6.92 Å². The number of carbonyl (C=O) groups excluding carboxylic acids is 1. The highest BCUT2D eigenvalue weighted by Crippen LogP contribution is 1.92. The number of hydrogen-bond donors (Lipinski definition) is 0. The summed E-state index contributed by atoms with van der Waals surface area (Å²) < 4.78 is 11.3. The molecule has 0 aliphatic rings. The minimum atomic E-state index is 0.435. The normalized spacial score (nSPS) is 13.2. The molecule has 0 unspecified atom stereocenters. The Hall–Kier alpha value is -1.18. The maximum absolute atomic E-state index is 11.3. The van der Waals surface area contributed by atoms with E-state index in [1.54, 1.807) is 13.0 Å². The van der Waals surface area contributed by atoms with Crippen LogP contribution < -0.4 is 0 Å². The number of allylic oxidation sites excluding steroid dienone is 5. The van der Waals surface area contributed by atoms with Crippen molar-refractivity contribution >= 4 is 6.29 Å². The SMILES string of the molecule is CC(/C=C\C=C\F)=C\C=O. The van der Waals surface area contributed by atoms with E-state index in [-0.39, 0.29) is 0 Å². The Kier molecular flexibility index (Phi) is 5.25. The molecular formula is C8H9FO. The maximum atomic E-state index is 11.3. The second kappa shape index (κ2) is 5.95. The first-order chi connectivity index (χ1) is 4.81. The van der Waals surface area contributed by atoms with Crippen LogP contribution in [0.4, 0.5) is 4.39 Å². The fourth-order valence-electron chi connectivity index (χ4n) is 0.412. The van der Waals surface area contributed by atoms with Gasteiger partial charge in [-0.05, 0) is 24.6 Å². The Labute approximate surface area is 59.6 Å². The van der Waals surface area contributed by atoms with Gasteiger partial charge >= 0.3 is 0 Å². The van der Waals surface area contributed by atoms with Crippen molar-refractivity contribution in [3.05, 3.63) is 36.2 Å². The van der Waals surface area contributed by atoms with Crippen LogP contribution in [-0.2, 0) is 4.79 Å². The monoisotopic (exact) mass is 140 g/mol. The van der Waals surface area contributed by atoms with Crippen LogP contribution in [0.15, 0.2) is 36.2 Å². The van der Waals surface area contributed by atoms with Gasteiger partial charge in [0.25, 0.3) is 0 Å². The molecule has 0 saturated heterocycles. The van der Waals surface area contributed by atoms with Gasteiger partial charge in [-0.2, -0.15) is 0 Å². The van der Waals surface area contributed by atoms with Gasteiger partial charge in [-0.3, -0.25) is 4.79 Å². The number of aldehydes is 1. The van der Waals surface area contributed by atoms with Gasteiger partial charge in [0.15, 0.2) is 0 Å². The molecule has 0 N–H and O–H groups in total. The lowest BCUT2D eigenvalue weighted by Gasteiger charge is -1.82. The summed E-state index contributed by atoms with van der Waals surface area (Å²) in [7, 11) is 0. The molecular weight excluding hydrogens is 131 g/mol. The summed E-state index contributed by atoms with van der Waals surface area (Å²) in [6, 6.07) is 0. The number of hydrogen-bond acceptors (Lipinski definition) is 1. The molecule has 0 heterocycles. The topological polar surface area (TPSA) is 17.1 Å². The lowest BCUT2D eigenvalue weighted by Crippen LogP contribution is -1.67. The van der Waals surface area contributed by atoms with Crippen molar-refractivity contribution in [3.8, 4) is 0 Å². The Bertz CT molecular complexity index is 178. The van der Waals surface area contributed by atoms with Crippen LogP contribution in [0.5, 0.6) is 0 Å². The fourth-order valence-corrected chi connectivity index (χ4v) is 0.412. The van der Waals surface area contributed by atoms with Crippen molar-refractivity contribution in [2.24, 2.45) is 0 Å². The van der Waals surface area contributed by atoms with E-state index in [4.69, 9.17) is 0 Å². The van der Waals surface area contributed by atoms with E-state index < -0.39 is 0 Å². The summed E-state index contributed by atoms with van der Waals surface area (Å²) >= 11 is 0. The van der Waals surface area contributed by atoms with Gasteiger partial charge in [-0.1, -0.05) is 12.2 Å². The highest BCUT2D eigenvalue weighted by Gasteiger charge is 1.75. The molecule has 54 valence electrons. The fraction of sp³-hybridized carbons (Fsp3) is 0.125. The molecule has 0 aliphatic heterocycles. The van der Waals surface area contributed by atoms with Crippen LogP contribution in [0.2, 0.25) is 0 Å². The van der Waals surface area contributed by atoms with Crippen molar-refractivity contribution < 1.29 is 9.18 Å². The molecule has 0 radical (unpaired) electrons. The van der Waals surface area contributed by atoms with Crippen LogP contribution >= 0.6 is 0 Å². The highest BCUT2D eigenvalue weighted by atomic mass is 19.1. The van der Waals surface area contributed by atoms with Gasteiger partial charge in [0.2, 0.25) is 0 Å². The minimum absolute atomic E-state index is 0.435. The second-order valence-corrected chi connectivity index (χ2v) is 1.72. The maximum Gasteiger partial charge on any atom is 0.143 e. The molecule has 1 nitrogen and oxygen atoms in total. The first-order valence-electron chi connectivity index (χ1n) is 2.86. The molecule has 0 rings (SSSR count). The van der Waals surface area contributed by atoms with Crippen molar-refractivity contribution in [1.29, 1.82) is 0 Å². The Morgan fingerprint density at radius 3 is 2.60 bits per heavy atom. The van der Waals surface area contributed by atoms with Crippen LogP contribution in [0, 0.1) is 0 Å². The third-order valence-electron chi connectivity index (χ3n) is 0.874. The lowest BCUT2D eigenvalue weighted by molar-refractivity contribution is -0.104. The van der Waals surface area contributed by atoms with E-state index >= 15 is 0 Å². The van der Waals surface area contributed by atoms with E-state index in [9.17, 15) is 9.18 Å². The summed E-state index contributed by atoms with van der Waals surface area (Å²) in [5.74, 6) is 0. The first-order valence-corrected chi connectivity index (χ1v) is 2.86. The summed E-state index contributed by atoms with van der Waals surface area (Å²) in [6.07, 6.45) is 6.95. The predicted molar refractivity (Wildman–Crippen MR) is 39.2 cm³/mol.